The second-order valence-corrected chi connectivity index (χ2v) is 7.29. The number of anilines is 1. The normalized spacial score (nSPS) is 10.9. The first-order valence-electron chi connectivity index (χ1n) is 8.24. The van der Waals surface area contributed by atoms with Gasteiger partial charge in [0.1, 0.15) is 0 Å². The number of aromatic nitrogens is 4. The zero-order chi connectivity index (χ0) is 19.0. The number of nitrogens with one attached hydrogen (secondary N) is 1. The lowest BCUT2D eigenvalue weighted by atomic mass is 10.2. The molecule has 4 rings (SSSR count). The highest BCUT2D eigenvalue weighted by molar-refractivity contribution is 7.12. The molecular weight excluding hydrogens is 382 g/mol. The fourth-order valence-corrected chi connectivity index (χ4v) is 3.94. The van der Waals surface area contributed by atoms with Crippen LogP contribution in [-0.2, 0) is 0 Å². The molecule has 27 heavy (non-hydrogen) atoms. The minimum absolute atomic E-state index is 0.190. The quantitative estimate of drug-likeness (QED) is 0.545. The maximum absolute atomic E-state index is 12.8. The summed E-state index contributed by atoms with van der Waals surface area (Å²) in [6, 6.07) is 9.27. The Morgan fingerprint density at radius 1 is 1.26 bits per heavy atom. The first-order chi connectivity index (χ1) is 13.0. The van der Waals surface area contributed by atoms with Gasteiger partial charge >= 0.3 is 0 Å². The van der Waals surface area contributed by atoms with E-state index < -0.39 is 0 Å². The number of hydrogen-bond donors (Lipinski definition) is 1. The highest BCUT2D eigenvalue weighted by Crippen LogP contribution is 2.24. The van der Waals surface area contributed by atoms with Gasteiger partial charge < -0.3 is 5.32 Å². The predicted molar refractivity (Wildman–Crippen MR) is 107 cm³/mol. The van der Waals surface area contributed by atoms with E-state index in [0.29, 0.717) is 16.3 Å². The smallest absolute Gasteiger partial charge is 0.257 e. The molecule has 1 aromatic carbocycles. The van der Waals surface area contributed by atoms with E-state index in [1.807, 2.05) is 48.1 Å². The summed E-state index contributed by atoms with van der Waals surface area (Å²) in [6.07, 6.45) is 5.09. The Kier molecular flexibility index (Phi) is 4.55. The zero-order valence-electron chi connectivity index (χ0n) is 14.7. The number of nitrogens with zero attached hydrogens (tertiary/aromatic N) is 4. The topological polar surface area (TPSA) is 64.7 Å². The minimum atomic E-state index is -0.190. The number of benzene rings is 1. The summed E-state index contributed by atoms with van der Waals surface area (Å²) in [5.41, 5.74) is 3.76. The van der Waals surface area contributed by atoms with E-state index in [-0.39, 0.29) is 5.91 Å². The van der Waals surface area contributed by atoms with Crippen molar-refractivity contribution in [1.29, 1.82) is 0 Å². The number of halogens is 1. The van der Waals surface area contributed by atoms with Gasteiger partial charge in [0.2, 0.25) is 0 Å². The molecule has 0 spiro atoms. The Balaban J connectivity index is 1.59. The standard InChI is InChI=1S/C19H16ClN5OS/c1-12-9-15(13(2)25(12)19-21-7-8-27-19)18(26)23-14-10-22-24(11-14)17-6-4-3-5-16(17)20/h3-11H,1-2H3,(H,23,26). The van der Waals surface area contributed by atoms with Crippen LogP contribution in [0.2, 0.25) is 5.02 Å². The number of aryl methyl sites for hydroxylation is 1. The fourth-order valence-electron chi connectivity index (χ4n) is 2.97. The molecule has 136 valence electrons. The van der Waals surface area contributed by atoms with Gasteiger partial charge in [0.15, 0.2) is 5.13 Å². The lowest BCUT2D eigenvalue weighted by molar-refractivity contribution is 0.102. The summed E-state index contributed by atoms with van der Waals surface area (Å²) in [5, 5.41) is 10.5. The Hall–Kier alpha value is -2.90. The van der Waals surface area contributed by atoms with Gasteiger partial charge in [0.05, 0.1) is 34.4 Å². The number of amides is 1. The second-order valence-electron chi connectivity index (χ2n) is 6.01. The van der Waals surface area contributed by atoms with Crippen LogP contribution in [0.5, 0.6) is 0 Å². The summed E-state index contributed by atoms with van der Waals surface area (Å²) in [7, 11) is 0. The van der Waals surface area contributed by atoms with E-state index in [1.54, 1.807) is 29.3 Å². The molecule has 6 nitrogen and oxygen atoms in total. The number of rotatable bonds is 4. The van der Waals surface area contributed by atoms with Crippen molar-refractivity contribution < 1.29 is 4.79 Å². The second kappa shape index (κ2) is 7.02. The van der Waals surface area contributed by atoms with E-state index in [0.717, 1.165) is 22.2 Å². The van der Waals surface area contributed by atoms with Crippen LogP contribution in [0.15, 0.2) is 54.3 Å². The molecule has 3 heterocycles. The molecule has 3 aromatic heterocycles. The van der Waals surface area contributed by atoms with Crippen molar-refractivity contribution in [3.63, 3.8) is 0 Å². The van der Waals surface area contributed by atoms with Crippen molar-refractivity contribution in [3.05, 3.63) is 76.3 Å². The molecule has 1 amide bonds. The SMILES string of the molecule is Cc1cc(C(=O)Nc2cnn(-c3ccccc3Cl)c2)c(C)n1-c1nccs1. The van der Waals surface area contributed by atoms with E-state index in [1.165, 1.54) is 11.3 Å². The minimum Gasteiger partial charge on any atom is -0.319 e. The van der Waals surface area contributed by atoms with Crippen LogP contribution >= 0.6 is 22.9 Å². The molecule has 8 heteroatoms. The monoisotopic (exact) mass is 397 g/mol. The average Bonchev–Trinajstić information content (AvgIpc) is 3.37. The molecule has 0 atom stereocenters. The van der Waals surface area contributed by atoms with Crippen LogP contribution in [0.4, 0.5) is 5.69 Å². The van der Waals surface area contributed by atoms with E-state index in [4.69, 9.17) is 11.6 Å². The van der Waals surface area contributed by atoms with Crippen LogP contribution in [0.3, 0.4) is 0 Å². The Morgan fingerprint density at radius 2 is 2.07 bits per heavy atom. The average molecular weight is 398 g/mol. The number of thiazole rings is 1. The van der Waals surface area contributed by atoms with Gasteiger partial charge in [-0.15, -0.1) is 11.3 Å². The molecule has 0 saturated heterocycles. The maximum atomic E-state index is 12.8. The number of carbonyl (C=O) groups is 1. The van der Waals surface area contributed by atoms with Gasteiger partial charge in [-0.2, -0.15) is 5.10 Å². The summed E-state index contributed by atoms with van der Waals surface area (Å²) in [5.74, 6) is -0.190. The van der Waals surface area contributed by atoms with Crippen LogP contribution in [-0.4, -0.2) is 25.2 Å². The van der Waals surface area contributed by atoms with E-state index >= 15 is 0 Å². The van der Waals surface area contributed by atoms with Crippen molar-refractivity contribution >= 4 is 34.5 Å². The van der Waals surface area contributed by atoms with Crippen LogP contribution < -0.4 is 5.32 Å². The summed E-state index contributed by atoms with van der Waals surface area (Å²) in [6.45, 7) is 3.87. The molecule has 0 aliphatic carbocycles. The summed E-state index contributed by atoms with van der Waals surface area (Å²) >= 11 is 7.73. The fraction of sp³-hybridized carbons (Fsp3) is 0.105. The van der Waals surface area contributed by atoms with Gasteiger partial charge in [-0.3, -0.25) is 9.36 Å². The maximum Gasteiger partial charge on any atom is 0.257 e. The van der Waals surface area contributed by atoms with Gasteiger partial charge in [-0.1, -0.05) is 23.7 Å². The van der Waals surface area contributed by atoms with Crippen molar-refractivity contribution in [2.45, 2.75) is 13.8 Å². The number of para-hydroxylation sites is 1. The molecule has 0 fully saturated rings. The third kappa shape index (κ3) is 3.27. The van der Waals surface area contributed by atoms with Crippen molar-refractivity contribution in [2.75, 3.05) is 5.32 Å². The first kappa shape index (κ1) is 17.5. The van der Waals surface area contributed by atoms with Crippen LogP contribution in [0, 0.1) is 13.8 Å². The number of hydrogen-bond acceptors (Lipinski definition) is 4. The van der Waals surface area contributed by atoms with E-state index in [9.17, 15) is 4.79 Å². The molecular formula is C19H16ClN5OS. The van der Waals surface area contributed by atoms with Gasteiger partial charge in [-0.05, 0) is 32.0 Å². The summed E-state index contributed by atoms with van der Waals surface area (Å²) < 4.78 is 3.61. The first-order valence-corrected chi connectivity index (χ1v) is 9.50. The molecule has 4 aromatic rings. The van der Waals surface area contributed by atoms with Gasteiger partial charge in [0.25, 0.3) is 5.91 Å². The van der Waals surface area contributed by atoms with Gasteiger partial charge in [-0.25, -0.2) is 9.67 Å². The lowest BCUT2D eigenvalue weighted by Crippen LogP contribution is -2.12. The molecule has 0 radical (unpaired) electrons. The largest absolute Gasteiger partial charge is 0.319 e. The molecule has 0 saturated carbocycles. The molecule has 0 aliphatic rings. The van der Waals surface area contributed by atoms with Gasteiger partial charge in [0, 0.05) is 23.0 Å². The molecule has 0 bridgehead atoms. The van der Waals surface area contributed by atoms with Crippen molar-refractivity contribution in [1.82, 2.24) is 19.3 Å². The molecule has 0 unspecified atom stereocenters. The highest BCUT2D eigenvalue weighted by atomic mass is 35.5. The third-order valence-corrected chi connectivity index (χ3v) is 5.30. The highest BCUT2D eigenvalue weighted by Gasteiger charge is 2.18. The lowest BCUT2D eigenvalue weighted by Gasteiger charge is -2.06. The number of carbonyl (C=O) groups excluding carboxylic acids is 1. The Bertz CT molecular complexity index is 1110. The third-order valence-electron chi connectivity index (χ3n) is 4.23. The van der Waals surface area contributed by atoms with Crippen LogP contribution in [0.25, 0.3) is 10.8 Å². The zero-order valence-corrected chi connectivity index (χ0v) is 16.3. The molecule has 0 aliphatic heterocycles. The van der Waals surface area contributed by atoms with Crippen LogP contribution in [0.1, 0.15) is 21.7 Å². The Morgan fingerprint density at radius 3 is 2.81 bits per heavy atom. The van der Waals surface area contributed by atoms with E-state index in [2.05, 4.69) is 15.4 Å². The van der Waals surface area contributed by atoms with Crippen molar-refractivity contribution in [2.24, 2.45) is 0 Å². The predicted octanol–water partition coefficient (Wildman–Crippen LogP) is 4.64. The Labute approximate surface area is 165 Å². The summed E-state index contributed by atoms with van der Waals surface area (Å²) in [4.78, 5) is 17.1. The van der Waals surface area contributed by atoms with Crippen molar-refractivity contribution in [3.8, 4) is 10.8 Å². The molecule has 1 N–H and O–H groups in total.